The highest BCUT2D eigenvalue weighted by Gasteiger charge is 2.38. The van der Waals surface area contributed by atoms with Gasteiger partial charge in [0.15, 0.2) is 0 Å². The number of ether oxygens (including phenoxy) is 1. The maximum Gasteiger partial charge on any atom is 0.238 e. The van der Waals surface area contributed by atoms with Crippen molar-refractivity contribution >= 4 is 29.3 Å². The van der Waals surface area contributed by atoms with Crippen LogP contribution in [0.25, 0.3) is 0 Å². The summed E-state index contributed by atoms with van der Waals surface area (Å²) in [6.07, 6.45) is 4.84. The Balaban J connectivity index is 1.45. The van der Waals surface area contributed by atoms with Crippen LogP contribution in [0.1, 0.15) is 32.1 Å². The van der Waals surface area contributed by atoms with Gasteiger partial charge in [0.2, 0.25) is 11.8 Å². The lowest BCUT2D eigenvalue weighted by atomic mass is 9.90. The van der Waals surface area contributed by atoms with Crippen LogP contribution in [0.5, 0.6) is 0 Å². The maximum absolute atomic E-state index is 12.9. The van der Waals surface area contributed by atoms with Crippen molar-refractivity contribution in [2.24, 2.45) is 0 Å². The smallest absolute Gasteiger partial charge is 0.238 e. The predicted octanol–water partition coefficient (Wildman–Crippen LogP) is 2.66. The number of rotatable bonds is 2. The highest BCUT2D eigenvalue weighted by Crippen LogP contribution is 2.37. The topological polar surface area (TPSA) is 58.6 Å². The van der Waals surface area contributed by atoms with Crippen LogP contribution in [0.15, 0.2) is 29.2 Å². The molecule has 3 atom stereocenters. The second-order valence-corrected chi connectivity index (χ2v) is 7.89. The van der Waals surface area contributed by atoms with Crippen molar-refractivity contribution in [1.82, 2.24) is 4.90 Å². The third-order valence-electron chi connectivity index (χ3n) is 5.12. The quantitative estimate of drug-likeness (QED) is 0.894. The van der Waals surface area contributed by atoms with Gasteiger partial charge in [0, 0.05) is 17.9 Å². The van der Waals surface area contributed by atoms with Gasteiger partial charge < -0.3 is 15.0 Å². The molecule has 2 fully saturated rings. The summed E-state index contributed by atoms with van der Waals surface area (Å²) in [6.45, 7) is 1.26. The first-order chi connectivity index (χ1) is 11.7. The van der Waals surface area contributed by atoms with Crippen LogP contribution in [0.3, 0.4) is 0 Å². The molecule has 2 aliphatic heterocycles. The average Bonchev–Trinajstić information content (AvgIpc) is 2.62. The standard InChI is InChI=1S/C18H22N2O3S/c21-17(20-9-10-23-14-7-3-2-6-13(14)20)11-16-18(22)19-12-5-1-4-8-15(12)24-16/h1,4-5,8,13-14,16H,2-3,6-7,9-11H2,(H,19,22)/t13-,14-,16-/m1/s1. The molecule has 128 valence electrons. The molecule has 1 aromatic carbocycles. The number of carbonyl (C=O) groups excluding carboxylic acids is 2. The fourth-order valence-corrected chi connectivity index (χ4v) is 5.01. The van der Waals surface area contributed by atoms with Gasteiger partial charge in [-0.3, -0.25) is 9.59 Å². The summed E-state index contributed by atoms with van der Waals surface area (Å²) < 4.78 is 5.84. The molecule has 0 aromatic heterocycles. The van der Waals surface area contributed by atoms with E-state index in [-0.39, 0.29) is 35.6 Å². The Kier molecular flexibility index (Phi) is 4.50. The molecule has 0 bridgehead atoms. The van der Waals surface area contributed by atoms with E-state index in [1.165, 1.54) is 18.2 Å². The number of carbonyl (C=O) groups is 2. The van der Waals surface area contributed by atoms with Gasteiger partial charge in [-0.1, -0.05) is 25.0 Å². The third kappa shape index (κ3) is 3.05. The van der Waals surface area contributed by atoms with E-state index >= 15 is 0 Å². The van der Waals surface area contributed by atoms with Gasteiger partial charge in [-0.2, -0.15) is 0 Å². The van der Waals surface area contributed by atoms with Crippen molar-refractivity contribution in [3.05, 3.63) is 24.3 Å². The normalized spacial score (nSPS) is 29.4. The summed E-state index contributed by atoms with van der Waals surface area (Å²) in [6, 6.07) is 7.94. The first-order valence-electron chi connectivity index (χ1n) is 8.70. The fraction of sp³-hybridized carbons (Fsp3) is 0.556. The van der Waals surface area contributed by atoms with E-state index in [4.69, 9.17) is 4.74 Å². The van der Waals surface area contributed by atoms with Gasteiger partial charge in [-0.05, 0) is 25.0 Å². The van der Waals surface area contributed by atoms with E-state index < -0.39 is 0 Å². The van der Waals surface area contributed by atoms with Crippen molar-refractivity contribution in [2.45, 2.75) is 54.4 Å². The second-order valence-electron chi connectivity index (χ2n) is 6.64. The van der Waals surface area contributed by atoms with Crippen molar-refractivity contribution < 1.29 is 14.3 Å². The number of morpholine rings is 1. The Morgan fingerprint density at radius 3 is 3.04 bits per heavy atom. The summed E-state index contributed by atoms with van der Waals surface area (Å²) in [4.78, 5) is 28.2. The zero-order valence-corrected chi connectivity index (χ0v) is 14.4. The number of hydrogen-bond donors (Lipinski definition) is 1. The highest BCUT2D eigenvalue weighted by atomic mass is 32.2. The first-order valence-corrected chi connectivity index (χ1v) is 9.58. The number of para-hydroxylation sites is 1. The molecule has 0 radical (unpaired) electrons. The van der Waals surface area contributed by atoms with Gasteiger partial charge >= 0.3 is 0 Å². The third-order valence-corrected chi connectivity index (χ3v) is 6.39. The van der Waals surface area contributed by atoms with E-state index in [1.807, 2.05) is 29.2 Å². The van der Waals surface area contributed by atoms with Crippen LogP contribution in [0.4, 0.5) is 5.69 Å². The second kappa shape index (κ2) is 6.76. The summed E-state index contributed by atoms with van der Waals surface area (Å²) in [5.41, 5.74) is 0.843. The van der Waals surface area contributed by atoms with Crippen LogP contribution in [-0.2, 0) is 14.3 Å². The van der Waals surface area contributed by atoms with Crippen molar-refractivity contribution in [3.63, 3.8) is 0 Å². The molecule has 24 heavy (non-hydrogen) atoms. The Bertz CT molecular complexity index is 649. The number of anilines is 1. The zero-order chi connectivity index (χ0) is 16.5. The molecular weight excluding hydrogens is 324 g/mol. The predicted molar refractivity (Wildman–Crippen MR) is 93.0 cm³/mol. The number of hydrogen-bond acceptors (Lipinski definition) is 4. The molecular formula is C18H22N2O3S. The minimum Gasteiger partial charge on any atom is -0.374 e. The lowest BCUT2D eigenvalue weighted by molar-refractivity contribution is -0.150. The summed E-state index contributed by atoms with van der Waals surface area (Å²) in [5.74, 6) is 0.0164. The number of nitrogens with zero attached hydrogens (tertiary/aromatic N) is 1. The number of fused-ring (bicyclic) bond motifs is 2. The summed E-state index contributed by atoms with van der Waals surface area (Å²) >= 11 is 1.50. The lowest BCUT2D eigenvalue weighted by Crippen LogP contribution is -2.55. The number of amides is 2. The van der Waals surface area contributed by atoms with Crippen LogP contribution >= 0.6 is 11.8 Å². The van der Waals surface area contributed by atoms with E-state index in [0.717, 1.165) is 29.8 Å². The number of benzene rings is 1. The molecule has 1 aromatic rings. The number of nitrogens with one attached hydrogen (secondary N) is 1. The van der Waals surface area contributed by atoms with Crippen LogP contribution in [-0.4, -0.2) is 47.3 Å². The molecule has 1 saturated heterocycles. The molecule has 1 saturated carbocycles. The molecule has 0 spiro atoms. The Morgan fingerprint density at radius 1 is 1.29 bits per heavy atom. The van der Waals surface area contributed by atoms with Crippen LogP contribution in [0.2, 0.25) is 0 Å². The number of thioether (sulfide) groups is 1. The Hall–Kier alpha value is -1.53. The van der Waals surface area contributed by atoms with Gasteiger partial charge in [-0.25, -0.2) is 0 Å². The fourth-order valence-electron chi connectivity index (χ4n) is 3.91. The van der Waals surface area contributed by atoms with E-state index in [1.54, 1.807) is 0 Å². The zero-order valence-electron chi connectivity index (χ0n) is 13.6. The van der Waals surface area contributed by atoms with Crippen molar-refractivity contribution in [3.8, 4) is 0 Å². The molecule has 2 amide bonds. The molecule has 1 N–H and O–H groups in total. The van der Waals surface area contributed by atoms with Gasteiger partial charge in [-0.15, -0.1) is 11.8 Å². The van der Waals surface area contributed by atoms with Gasteiger partial charge in [0.25, 0.3) is 0 Å². The SMILES string of the molecule is O=C1Nc2ccccc2S[C@@H]1CC(=O)N1CCO[C@@H]2CCCC[C@H]21. The Labute approximate surface area is 146 Å². The summed E-state index contributed by atoms with van der Waals surface area (Å²) in [7, 11) is 0. The van der Waals surface area contributed by atoms with Gasteiger partial charge in [0.05, 0.1) is 29.7 Å². The van der Waals surface area contributed by atoms with E-state index in [0.29, 0.717) is 13.2 Å². The maximum atomic E-state index is 12.9. The minimum absolute atomic E-state index is 0.0690. The summed E-state index contributed by atoms with van der Waals surface area (Å²) in [5, 5.41) is 2.57. The van der Waals surface area contributed by atoms with Crippen molar-refractivity contribution in [2.75, 3.05) is 18.5 Å². The van der Waals surface area contributed by atoms with Crippen molar-refractivity contribution in [1.29, 1.82) is 0 Å². The van der Waals surface area contributed by atoms with Gasteiger partial charge in [0.1, 0.15) is 0 Å². The molecule has 1 aliphatic carbocycles. The average molecular weight is 346 g/mol. The molecule has 5 nitrogen and oxygen atoms in total. The minimum atomic E-state index is -0.350. The molecule has 0 unspecified atom stereocenters. The lowest BCUT2D eigenvalue weighted by Gasteiger charge is -2.44. The van der Waals surface area contributed by atoms with E-state index in [9.17, 15) is 9.59 Å². The molecule has 2 heterocycles. The first kappa shape index (κ1) is 16.0. The van der Waals surface area contributed by atoms with Crippen LogP contribution < -0.4 is 5.32 Å². The monoisotopic (exact) mass is 346 g/mol. The molecule has 4 rings (SSSR count). The highest BCUT2D eigenvalue weighted by molar-refractivity contribution is 8.01. The largest absolute Gasteiger partial charge is 0.374 e. The van der Waals surface area contributed by atoms with E-state index in [2.05, 4.69) is 5.32 Å². The Morgan fingerprint density at radius 2 is 2.12 bits per heavy atom. The van der Waals surface area contributed by atoms with Crippen LogP contribution in [0, 0.1) is 0 Å². The molecule has 3 aliphatic rings. The molecule has 6 heteroatoms.